The van der Waals surface area contributed by atoms with Gasteiger partial charge in [0, 0.05) is 22.6 Å². The monoisotopic (exact) mass is 446 g/mol. The van der Waals surface area contributed by atoms with Crippen molar-refractivity contribution >= 4 is 40.6 Å². The van der Waals surface area contributed by atoms with Crippen molar-refractivity contribution < 1.29 is 14.1 Å². The Bertz CT molecular complexity index is 1250. The summed E-state index contributed by atoms with van der Waals surface area (Å²) >= 11 is 6.26. The van der Waals surface area contributed by atoms with Crippen molar-refractivity contribution in [2.75, 3.05) is 16.0 Å². The molecule has 0 spiro atoms. The summed E-state index contributed by atoms with van der Waals surface area (Å²) in [6.45, 7) is 1.67. The number of para-hydroxylation sites is 1. The highest BCUT2D eigenvalue weighted by Crippen LogP contribution is 2.31. The van der Waals surface area contributed by atoms with E-state index in [0.717, 1.165) is 0 Å². The van der Waals surface area contributed by atoms with Crippen molar-refractivity contribution in [3.63, 3.8) is 0 Å². The molecule has 1 heterocycles. The van der Waals surface area contributed by atoms with E-state index in [1.807, 2.05) is 24.3 Å². The van der Waals surface area contributed by atoms with Crippen molar-refractivity contribution in [1.82, 2.24) is 5.16 Å². The van der Waals surface area contributed by atoms with Crippen LogP contribution in [0.3, 0.4) is 0 Å². The largest absolute Gasteiger partial charge is 0.360 e. The van der Waals surface area contributed by atoms with E-state index in [-0.39, 0.29) is 11.9 Å². The van der Waals surface area contributed by atoms with Crippen LogP contribution in [-0.2, 0) is 0 Å². The van der Waals surface area contributed by atoms with Gasteiger partial charge in [0.1, 0.15) is 17.0 Å². The van der Waals surface area contributed by atoms with Gasteiger partial charge in [0.2, 0.25) is 0 Å². The van der Waals surface area contributed by atoms with Gasteiger partial charge in [-0.3, -0.25) is 4.79 Å². The smallest absolute Gasteiger partial charge is 0.323 e. The number of urea groups is 1. The summed E-state index contributed by atoms with van der Waals surface area (Å²) in [5.74, 6) is 0.00879. The van der Waals surface area contributed by atoms with E-state index in [1.54, 1.807) is 61.5 Å². The van der Waals surface area contributed by atoms with E-state index in [1.165, 1.54) is 0 Å². The van der Waals surface area contributed by atoms with Gasteiger partial charge in [-0.1, -0.05) is 53.2 Å². The van der Waals surface area contributed by atoms with Gasteiger partial charge in [-0.15, -0.1) is 0 Å². The molecule has 4 aromatic rings. The Morgan fingerprint density at radius 3 is 2.00 bits per heavy atom. The molecule has 1 aromatic heterocycles. The lowest BCUT2D eigenvalue weighted by molar-refractivity contribution is 0.102. The first-order valence-electron chi connectivity index (χ1n) is 9.77. The summed E-state index contributed by atoms with van der Waals surface area (Å²) in [5.41, 5.74) is 3.11. The zero-order valence-electron chi connectivity index (χ0n) is 17.1. The van der Waals surface area contributed by atoms with E-state index < -0.39 is 0 Å². The third kappa shape index (κ3) is 4.79. The lowest BCUT2D eigenvalue weighted by Crippen LogP contribution is -2.19. The molecule has 3 amide bonds. The van der Waals surface area contributed by atoms with Crippen LogP contribution in [0.2, 0.25) is 5.02 Å². The van der Waals surface area contributed by atoms with Gasteiger partial charge in [-0.2, -0.15) is 0 Å². The molecule has 0 bridgehead atoms. The molecule has 0 aliphatic heterocycles. The summed E-state index contributed by atoms with van der Waals surface area (Å²) in [6, 6.07) is 22.6. The standard InChI is InChI=1S/C24H19ClN4O3/c1-15-21(22(29-32-15)19-9-5-6-10-20(19)25)23(30)26-17-11-13-18(14-12-17)28-24(31)27-16-7-3-2-4-8-16/h2-14H,1H3,(H,26,30)(H2,27,28,31). The molecule has 0 radical (unpaired) electrons. The fourth-order valence-electron chi connectivity index (χ4n) is 3.12. The summed E-state index contributed by atoms with van der Waals surface area (Å²) in [5, 5.41) is 12.8. The van der Waals surface area contributed by atoms with Crippen LogP contribution in [0.5, 0.6) is 0 Å². The summed E-state index contributed by atoms with van der Waals surface area (Å²) in [7, 11) is 0. The highest BCUT2D eigenvalue weighted by Gasteiger charge is 2.23. The molecule has 7 nitrogen and oxygen atoms in total. The minimum atomic E-state index is -0.374. The first-order valence-corrected chi connectivity index (χ1v) is 10.1. The Morgan fingerprint density at radius 1 is 0.781 bits per heavy atom. The summed E-state index contributed by atoms with van der Waals surface area (Å²) in [6.07, 6.45) is 0. The molecule has 0 atom stereocenters. The Kier molecular flexibility index (Phi) is 6.19. The van der Waals surface area contributed by atoms with Crippen molar-refractivity contribution in [1.29, 1.82) is 0 Å². The first-order chi connectivity index (χ1) is 15.5. The van der Waals surface area contributed by atoms with Crippen LogP contribution in [0.25, 0.3) is 11.3 Å². The molecule has 8 heteroatoms. The van der Waals surface area contributed by atoms with E-state index in [0.29, 0.717) is 44.7 Å². The van der Waals surface area contributed by atoms with Crippen molar-refractivity contribution in [2.45, 2.75) is 6.92 Å². The maximum absolute atomic E-state index is 12.9. The second-order valence-electron chi connectivity index (χ2n) is 6.92. The number of nitrogens with one attached hydrogen (secondary N) is 3. The van der Waals surface area contributed by atoms with E-state index >= 15 is 0 Å². The lowest BCUT2D eigenvalue weighted by Gasteiger charge is -2.09. The Hall–Kier alpha value is -4.10. The number of anilines is 3. The third-order valence-corrected chi connectivity index (χ3v) is 4.98. The maximum Gasteiger partial charge on any atom is 0.323 e. The average Bonchev–Trinajstić information content (AvgIpc) is 3.17. The van der Waals surface area contributed by atoms with Crippen LogP contribution in [0.4, 0.5) is 21.9 Å². The zero-order chi connectivity index (χ0) is 22.5. The van der Waals surface area contributed by atoms with Crippen LogP contribution >= 0.6 is 11.6 Å². The molecule has 32 heavy (non-hydrogen) atoms. The molecular formula is C24H19ClN4O3. The van der Waals surface area contributed by atoms with Crippen LogP contribution in [0.15, 0.2) is 83.4 Å². The van der Waals surface area contributed by atoms with Gasteiger partial charge in [-0.25, -0.2) is 4.79 Å². The summed E-state index contributed by atoms with van der Waals surface area (Å²) < 4.78 is 5.25. The second kappa shape index (κ2) is 9.36. The van der Waals surface area contributed by atoms with Crippen LogP contribution < -0.4 is 16.0 Å². The highest BCUT2D eigenvalue weighted by molar-refractivity contribution is 6.33. The van der Waals surface area contributed by atoms with Crippen molar-refractivity contribution in [2.24, 2.45) is 0 Å². The molecule has 0 saturated carbocycles. The Morgan fingerprint density at radius 2 is 1.34 bits per heavy atom. The first kappa shape index (κ1) is 21.1. The van der Waals surface area contributed by atoms with E-state index in [9.17, 15) is 9.59 Å². The minimum Gasteiger partial charge on any atom is -0.360 e. The highest BCUT2D eigenvalue weighted by atomic mass is 35.5. The molecule has 4 rings (SSSR count). The number of benzene rings is 3. The number of aryl methyl sites for hydroxylation is 1. The van der Waals surface area contributed by atoms with Gasteiger partial charge < -0.3 is 20.5 Å². The fraction of sp³-hybridized carbons (Fsp3) is 0.0417. The number of carbonyl (C=O) groups excluding carboxylic acids is 2. The van der Waals surface area contributed by atoms with Gasteiger partial charge in [0.15, 0.2) is 0 Å². The third-order valence-electron chi connectivity index (χ3n) is 4.65. The van der Waals surface area contributed by atoms with Crippen LogP contribution in [0.1, 0.15) is 16.1 Å². The number of hydrogen-bond donors (Lipinski definition) is 3. The lowest BCUT2D eigenvalue weighted by atomic mass is 10.1. The van der Waals surface area contributed by atoms with Gasteiger partial charge in [-0.05, 0) is 49.4 Å². The molecule has 0 unspecified atom stereocenters. The quantitative estimate of drug-likeness (QED) is 0.340. The zero-order valence-corrected chi connectivity index (χ0v) is 17.8. The molecule has 160 valence electrons. The minimum absolute atomic E-state index is 0.308. The maximum atomic E-state index is 12.9. The predicted octanol–water partition coefficient (Wildman–Crippen LogP) is 6.20. The number of hydrogen-bond acceptors (Lipinski definition) is 4. The number of halogens is 1. The molecule has 3 aromatic carbocycles. The topological polar surface area (TPSA) is 96.3 Å². The number of rotatable bonds is 5. The van der Waals surface area contributed by atoms with Gasteiger partial charge in [0.25, 0.3) is 5.91 Å². The predicted molar refractivity (Wildman–Crippen MR) is 125 cm³/mol. The van der Waals surface area contributed by atoms with Crippen LogP contribution in [-0.4, -0.2) is 17.1 Å². The Labute approximate surface area is 189 Å². The number of amides is 3. The molecule has 0 saturated heterocycles. The van der Waals surface area contributed by atoms with Crippen molar-refractivity contribution in [3.8, 4) is 11.3 Å². The second-order valence-corrected chi connectivity index (χ2v) is 7.33. The fourth-order valence-corrected chi connectivity index (χ4v) is 3.35. The number of aromatic nitrogens is 1. The Balaban J connectivity index is 1.44. The number of carbonyl (C=O) groups is 2. The van der Waals surface area contributed by atoms with Crippen molar-refractivity contribution in [3.05, 3.63) is 95.2 Å². The molecular weight excluding hydrogens is 428 g/mol. The molecule has 0 aliphatic rings. The molecule has 3 N–H and O–H groups in total. The van der Waals surface area contributed by atoms with E-state index in [4.69, 9.17) is 16.1 Å². The molecule has 0 aliphatic carbocycles. The summed E-state index contributed by atoms with van der Waals surface area (Å²) in [4.78, 5) is 25.1. The molecule has 0 fully saturated rings. The SMILES string of the molecule is Cc1onc(-c2ccccc2Cl)c1C(=O)Nc1ccc(NC(=O)Nc2ccccc2)cc1. The van der Waals surface area contributed by atoms with Gasteiger partial charge >= 0.3 is 6.03 Å². The number of nitrogens with zero attached hydrogens (tertiary/aromatic N) is 1. The van der Waals surface area contributed by atoms with Crippen LogP contribution in [0, 0.1) is 6.92 Å². The van der Waals surface area contributed by atoms with Gasteiger partial charge in [0.05, 0.1) is 5.02 Å². The normalized spacial score (nSPS) is 10.4. The average molecular weight is 447 g/mol. The van der Waals surface area contributed by atoms with E-state index in [2.05, 4.69) is 21.1 Å².